The molecule has 3 aromatic rings. The van der Waals surface area contributed by atoms with Gasteiger partial charge in [-0.2, -0.15) is 4.31 Å². The van der Waals surface area contributed by atoms with Gasteiger partial charge in [-0.15, -0.1) is 0 Å². The standard InChI is InChI=1S/C22H16Cl2N2O6S/c23-15-8-11-18(19(24)12-15)22(30)26(16-4-2-1-3-5-16)33(31,32)17-9-6-14(7-10-17)21(29)25-13-20(27)28/h1-12H,13H2,(H,25,29)(H,27,28). The highest BCUT2D eigenvalue weighted by Gasteiger charge is 2.33. The number of anilines is 1. The first-order valence-electron chi connectivity index (χ1n) is 9.31. The molecule has 0 radical (unpaired) electrons. The summed E-state index contributed by atoms with van der Waals surface area (Å²) >= 11 is 12.0. The van der Waals surface area contributed by atoms with E-state index < -0.39 is 34.4 Å². The van der Waals surface area contributed by atoms with Gasteiger partial charge < -0.3 is 10.4 Å². The van der Waals surface area contributed by atoms with Crippen LogP contribution in [-0.4, -0.2) is 37.9 Å². The van der Waals surface area contributed by atoms with Gasteiger partial charge in [0.1, 0.15) is 6.54 Å². The molecule has 0 aliphatic carbocycles. The molecule has 11 heteroatoms. The number of hydrogen-bond acceptors (Lipinski definition) is 5. The van der Waals surface area contributed by atoms with Crippen molar-refractivity contribution in [2.45, 2.75) is 4.90 Å². The Morgan fingerprint density at radius 1 is 0.909 bits per heavy atom. The van der Waals surface area contributed by atoms with Crippen molar-refractivity contribution in [1.82, 2.24) is 5.32 Å². The van der Waals surface area contributed by atoms with Crippen molar-refractivity contribution in [2.24, 2.45) is 0 Å². The maximum absolute atomic E-state index is 13.5. The van der Waals surface area contributed by atoms with Crippen molar-refractivity contribution < 1.29 is 27.9 Å². The van der Waals surface area contributed by atoms with Crippen LogP contribution in [0.4, 0.5) is 5.69 Å². The Morgan fingerprint density at radius 3 is 2.12 bits per heavy atom. The molecule has 0 aromatic heterocycles. The van der Waals surface area contributed by atoms with E-state index in [-0.39, 0.29) is 31.8 Å². The first kappa shape index (κ1) is 24.2. The average molecular weight is 507 g/mol. The van der Waals surface area contributed by atoms with E-state index in [2.05, 4.69) is 5.32 Å². The highest BCUT2D eigenvalue weighted by Crippen LogP contribution is 2.29. The number of rotatable bonds is 7. The maximum atomic E-state index is 13.5. The predicted octanol–water partition coefficient (Wildman–Crippen LogP) is 3.84. The predicted molar refractivity (Wildman–Crippen MR) is 123 cm³/mol. The van der Waals surface area contributed by atoms with Crippen molar-refractivity contribution in [3.8, 4) is 0 Å². The number of aliphatic carboxylic acids is 1. The minimum absolute atomic E-state index is 0.0194. The van der Waals surface area contributed by atoms with E-state index in [1.165, 1.54) is 42.5 Å². The zero-order chi connectivity index (χ0) is 24.2. The molecular weight excluding hydrogens is 491 g/mol. The van der Waals surface area contributed by atoms with Crippen LogP contribution in [0, 0.1) is 0 Å². The Labute approximate surface area is 199 Å². The number of carbonyl (C=O) groups is 3. The number of nitrogens with one attached hydrogen (secondary N) is 1. The molecule has 0 aliphatic rings. The third-order valence-electron chi connectivity index (χ3n) is 4.39. The Balaban J connectivity index is 2.02. The van der Waals surface area contributed by atoms with E-state index in [0.29, 0.717) is 4.31 Å². The van der Waals surface area contributed by atoms with Crippen LogP contribution in [0.15, 0.2) is 77.7 Å². The molecule has 3 aromatic carbocycles. The van der Waals surface area contributed by atoms with E-state index in [0.717, 1.165) is 12.1 Å². The lowest BCUT2D eigenvalue weighted by Crippen LogP contribution is -2.37. The fourth-order valence-corrected chi connectivity index (χ4v) is 4.74. The maximum Gasteiger partial charge on any atom is 0.322 e. The van der Waals surface area contributed by atoms with Gasteiger partial charge in [0, 0.05) is 10.6 Å². The molecule has 0 atom stereocenters. The van der Waals surface area contributed by atoms with Gasteiger partial charge in [-0.3, -0.25) is 14.4 Å². The monoisotopic (exact) mass is 506 g/mol. The highest BCUT2D eigenvalue weighted by molar-refractivity contribution is 7.93. The van der Waals surface area contributed by atoms with Gasteiger partial charge in [-0.05, 0) is 54.6 Å². The van der Waals surface area contributed by atoms with Crippen LogP contribution >= 0.6 is 23.2 Å². The van der Waals surface area contributed by atoms with Crippen LogP contribution in [-0.2, 0) is 14.8 Å². The Morgan fingerprint density at radius 2 is 1.55 bits per heavy atom. The summed E-state index contributed by atoms with van der Waals surface area (Å²) in [5, 5.41) is 11.1. The molecule has 8 nitrogen and oxygen atoms in total. The number of sulfonamides is 1. The molecule has 0 saturated heterocycles. The molecule has 0 bridgehead atoms. The lowest BCUT2D eigenvalue weighted by atomic mass is 10.2. The first-order chi connectivity index (χ1) is 15.6. The van der Waals surface area contributed by atoms with Crippen LogP contribution in [0.25, 0.3) is 0 Å². The summed E-state index contributed by atoms with van der Waals surface area (Å²) in [4.78, 5) is 35.7. The molecular formula is C22H16Cl2N2O6S. The molecule has 0 spiro atoms. The van der Waals surface area contributed by atoms with Gasteiger partial charge in [0.15, 0.2) is 0 Å². The van der Waals surface area contributed by atoms with E-state index in [9.17, 15) is 22.8 Å². The average Bonchev–Trinajstić information content (AvgIpc) is 2.78. The van der Waals surface area contributed by atoms with E-state index >= 15 is 0 Å². The Kier molecular flexibility index (Phi) is 7.37. The van der Waals surface area contributed by atoms with Crippen molar-refractivity contribution in [3.05, 3.63) is 94.0 Å². The van der Waals surface area contributed by atoms with Gasteiger partial charge in [0.25, 0.3) is 21.8 Å². The number of carboxylic acid groups (broad SMARTS) is 1. The zero-order valence-electron chi connectivity index (χ0n) is 16.7. The summed E-state index contributed by atoms with van der Waals surface area (Å²) in [5.74, 6) is -2.81. The number of carbonyl (C=O) groups excluding carboxylic acids is 2. The lowest BCUT2D eigenvalue weighted by Gasteiger charge is -2.23. The summed E-state index contributed by atoms with van der Waals surface area (Å²) in [7, 11) is -4.43. The third kappa shape index (κ3) is 5.51. The summed E-state index contributed by atoms with van der Waals surface area (Å²) in [6.07, 6.45) is 0. The molecule has 170 valence electrons. The largest absolute Gasteiger partial charge is 0.480 e. The van der Waals surface area contributed by atoms with Crippen molar-refractivity contribution >= 4 is 56.7 Å². The van der Waals surface area contributed by atoms with Crippen molar-refractivity contribution in [2.75, 3.05) is 10.8 Å². The summed E-state index contributed by atoms with van der Waals surface area (Å²) in [5.41, 5.74) is 0.0588. The second kappa shape index (κ2) is 10.0. The van der Waals surface area contributed by atoms with Crippen molar-refractivity contribution in [3.63, 3.8) is 0 Å². The van der Waals surface area contributed by atoms with Crippen molar-refractivity contribution in [1.29, 1.82) is 0 Å². The van der Waals surface area contributed by atoms with Gasteiger partial charge in [0.2, 0.25) is 0 Å². The molecule has 0 fully saturated rings. The minimum Gasteiger partial charge on any atom is -0.480 e. The van der Waals surface area contributed by atoms with Crippen LogP contribution in [0.2, 0.25) is 10.0 Å². The molecule has 0 unspecified atom stereocenters. The Bertz CT molecular complexity index is 1310. The van der Waals surface area contributed by atoms with Gasteiger partial charge in [-0.25, -0.2) is 8.42 Å². The fraction of sp³-hybridized carbons (Fsp3) is 0.0455. The second-order valence-corrected chi connectivity index (χ2v) is 9.27. The molecule has 0 heterocycles. The normalized spacial score (nSPS) is 11.0. The molecule has 3 rings (SSSR count). The molecule has 2 N–H and O–H groups in total. The molecule has 33 heavy (non-hydrogen) atoms. The lowest BCUT2D eigenvalue weighted by molar-refractivity contribution is -0.135. The highest BCUT2D eigenvalue weighted by atomic mass is 35.5. The van der Waals surface area contributed by atoms with Crippen LogP contribution in [0.3, 0.4) is 0 Å². The summed E-state index contributed by atoms with van der Waals surface area (Å²) in [6.45, 7) is -0.586. The molecule has 0 aliphatic heterocycles. The minimum atomic E-state index is -4.43. The number of benzene rings is 3. The first-order valence-corrected chi connectivity index (χ1v) is 11.5. The van der Waals surface area contributed by atoms with Gasteiger partial charge in [-0.1, -0.05) is 41.4 Å². The third-order valence-corrected chi connectivity index (χ3v) is 6.66. The van der Waals surface area contributed by atoms with Crippen LogP contribution in [0.5, 0.6) is 0 Å². The number of halogens is 2. The summed E-state index contributed by atoms with van der Waals surface area (Å²) in [6, 6.07) is 16.5. The number of amides is 2. The smallest absolute Gasteiger partial charge is 0.322 e. The van der Waals surface area contributed by atoms with Crippen LogP contribution in [0.1, 0.15) is 20.7 Å². The zero-order valence-corrected chi connectivity index (χ0v) is 19.1. The van der Waals surface area contributed by atoms with E-state index in [1.807, 2.05) is 0 Å². The Hall–Kier alpha value is -3.40. The van der Waals surface area contributed by atoms with E-state index in [1.54, 1.807) is 18.2 Å². The fourth-order valence-electron chi connectivity index (χ4n) is 2.84. The van der Waals surface area contributed by atoms with E-state index in [4.69, 9.17) is 28.3 Å². The second-order valence-electron chi connectivity index (χ2n) is 6.64. The quantitative estimate of drug-likeness (QED) is 0.501. The summed E-state index contributed by atoms with van der Waals surface area (Å²) < 4.78 is 27.6. The van der Waals surface area contributed by atoms with Gasteiger partial charge in [0.05, 0.1) is 21.2 Å². The number of para-hydroxylation sites is 1. The number of nitrogens with zero attached hydrogens (tertiary/aromatic N) is 1. The topological polar surface area (TPSA) is 121 Å². The van der Waals surface area contributed by atoms with Gasteiger partial charge >= 0.3 is 5.97 Å². The number of hydrogen-bond donors (Lipinski definition) is 2. The molecule has 0 saturated carbocycles. The SMILES string of the molecule is O=C(O)CNC(=O)c1ccc(S(=O)(=O)N(C(=O)c2ccc(Cl)cc2Cl)c2ccccc2)cc1. The molecule has 2 amide bonds. The number of carboxylic acids is 1. The van der Waals surface area contributed by atoms with Crippen LogP contribution < -0.4 is 9.62 Å².